The summed E-state index contributed by atoms with van der Waals surface area (Å²) in [6, 6.07) is 9.01. The molecule has 0 aromatic heterocycles. The molecule has 1 rings (SSSR count). The Bertz CT molecular complexity index is 260. The van der Waals surface area contributed by atoms with Gasteiger partial charge in [0.2, 0.25) is 3.79 Å². The Morgan fingerprint density at radius 3 is 2.15 bits per heavy atom. The van der Waals surface area contributed by atoms with E-state index >= 15 is 0 Å². The number of para-hydroxylation sites is 1. The maximum absolute atomic E-state index is 9.33. The number of hydrogen-bond donors (Lipinski definition) is 2. The van der Waals surface area contributed by atoms with Crippen LogP contribution in [0.3, 0.4) is 0 Å². The second-order valence-electron chi connectivity index (χ2n) is 2.45. The Morgan fingerprint density at radius 1 is 1.15 bits per heavy atom. The van der Waals surface area contributed by atoms with Gasteiger partial charge in [-0.05, 0) is 12.1 Å². The molecule has 0 saturated carbocycles. The van der Waals surface area contributed by atoms with Crippen molar-refractivity contribution in [3.05, 3.63) is 30.3 Å². The van der Waals surface area contributed by atoms with Crippen LogP contribution in [-0.2, 0) is 0 Å². The number of aliphatic hydroxyl groups excluding tert-OH is 1. The summed E-state index contributed by atoms with van der Waals surface area (Å²) in [5.74, 6) is 0. The summed E-state index contributed by atoms with van der Waals surface area (Å²) < 4.78 is -1.73. The predicted octanol–water partition coefficient (Wildman–Crippen LogP) is 2.79. The molecular formula is C8H8Cl3NO. The fourth-order valence-electron chi connectivity index (χ4n) is 0.774. The van der Waals surface area contributed by atoms with Gasteiger partial charge in [-0.3, -0.25) is 0 Å². The molecule has 0 aliphatic heterocycles. The van der Waals surface area contributed by atoms with E-state index in [9.17, 15) is 5.11 Å². The van der Waals surface area contributed by atoms with E-state index in [4.69, 9.17) is 34.8 Å². The van der Waals surface area contributed by atoms with Crippen molar-refractivity contribution < 1.29 is 5.11 Å². The van der Waals surface area contributed by atoms with Crippen LogP contribution in [0.1, 0.15) is 0 Å². The van der Waals surface area contributed by atoms with E-state index in [1.54, 1.807) is 12.1 Å². The van der Waals surface area contributed by atoms with Gasteiger partial charge < -0.3 is 10.4 Å². The lowest BCUT2D eigenvalue weighted by molar-refractivity contribution is 0.208. The zero-order chi connectivity index (χ0) is 9.90. The number of nitrogens with one attached hydrogen (secondary N) is 1. The number of aliphatic hydroxyl groups is 1. The summed E-state index contributed by atoms with van der Waals surface area (Å²) in [5, 5.41) is 12.0. The molecule has 0 amide bonds. The number of anilines is 1. The molecule has 0 heterocycles. The van der Waals surface area contributed by atoms with Crippen molar-refractivity contribution in [2.75, 3.05) is 5.32 Å². The fraction of sp³-hybridized carbons (Fsp3) is 0.250. The van der Waals surface area contributed by atoms with E-state index < -0.39 is 10.0 Å². The zero-order valence-corrected chi connectivity index (χ0v) is 8.81. The van der Waals surface area contributed by atoms with Crippen molar-refractivity contribution in [1.82, 2.24) is 0 Å². The van der Waals surface area contributed by atoms with Gasteiger partial charge in [-0.1, -0.05) is 53.0 Å². The molecule has 1 aromatic rings. The number of rotatable bonds is 2. The van der Waals surface area contributed by atoms with Crippen LogP contribution in [0, 0.1) is 0 Å². The van der Waals surface area contributed by atoms with Crippen LogP contribution in [0.4, 0.5) is 5.69 Å². The summed E-state index contributed by atoms with van der Waals surface area (Å²) in [6.45, 7) is 0. The Kier molecular flexibility index (Phi) is 3.68. The smallest absolute Gasteiger partial charge is 0.234 e. The molecule has 1 atom stereocenters. The second-order valence-corrected chi connectivity index (χ2v) is 4.82. The van der Waals surface area contributed by atoms with Crippen molar-refractivity contribution in [1.29, 1.82) is 0 Å². The zero-order valence-electron chi connectivity index (χ0n) is 6.55. The largest absolute Gasteiger partial charge is 0.370 e. The minimum atomic E-state index is -1.73. The van der Waals surface area contributed by atoms with Crippen LogP contribution in [0.25, 0.3) is 0 Å². The topological polar surface area (TPSA) is 32.3 Å². The molecule has 72 valence electrons. The normalized spacial score (nSPS) is 13.8. The molecule has 13 heavy (non-hydrogen) atoms. The van der Waals surface area contributed by atoms with Gasteiger partial charge in [0.1, 0.15) is 0 Å². The molecule has 2 N–H and O–H groups in total. The number of hydrogen-bond acceptors (Lipinski definition) is 2. The van der Waals surface area contributed by atoms with Crippen LogP contribution in [0.15, 0.2) is 30.3 Å². The van der Waals surface area contributed by atoms with E-state index in [-0.39, 0.29) is 0 Å². The highest BCUT2D eigenvalue weighted by Gasteiger charge is 2.30. The van der Waals surface area contributed by atoms with Gasteiger partial charge in [-0.15, -0.1) is 0 Å². The van der Waals surface area contributed by atoms with Crippen LogP contribution in [-0.4, -0.2) is 15.1 Å². The minimum Gasteiger partial charge on any atom is -0.370 e. The van der Waals surface area contributed by atoms with Crippen molar-refractivity contribution >= 4 is 40.5 Å². The lowest BCUT2D eigenvalue weighted by Crippen LogP contribution is -2.33. The predicted molar refractivity (Wildman–Crippen MR) is 56.4 cm³/mol. The SMILES string of the molecule is OC(Nc1ccccc1)C(Cl)(Cl)Cl. The third-order valence-electron chi connectivity index (χ3n) is 1.39. The van der Waals surface area contributed by atoms with Crippen LogP contribution < -0.4 is 5.32 Å². The average molecular weight is 241 g/mol. The van der Waals surface area contributed by atoms with Gasteiger partial charge in [-0.2, -0.15) is 0 Å². The Labute approximate surface area is 91.4 Å². The van der Waals surface area contributed by atoms with Crippen LogP contribution >= 0.6 is 34.8 Å². The van der Waals surface area contributed by atoms with E-state index in [1.807, 2.05) is 18.2 Å². The Hall–Kier alpha value is -0.150. The third kappa shape index (κ3) is 3.61. The van der Waals surface area contributed by atoms with Gasteiger partial charge >= 0.3 is 0 Å². The summed E-state index contributed by atoms with van der Waals surface area (Å²) in [7, 11) is 0. The molecule has 0 aliphatic carbocycles. The highest BCUT2D eigenvalue weighted by Crippen LogP contribution is 2.30. The molecule has 0 spiro atoms. The van der Waals surface area contributed by atoms with Crippen molar-refractivity contribution in [2.24, 2.45) is 0 Å². The molecule has 0 aliphatic rings. The molecular weight excluding hydrogens is 232 g/mol. The van der Waals surface area contributed by atoms with Crippen LogP contribution in [0.2, 0.25) is 0 Å². The molecule has 0 fully saturated rings. The first-order valence-corrected chi connectivity index (χ1v) is 4.70. The first-order valence-electron chi connectivity index (χ1n) is 3.56. The molecule has 5 heteroatoms. The summed E-state index contributed by atoms with van der Waals surface area (Å²) in [5.41, 5.74) is 0.696. The standard InChI is InChI=1S/C8H8Cl3NO/c9-8(10,11)7(13)12-6-4-2-1-3-5-6/h1-5,7,12-13H. The number of benzene rings is 1. The van der Waals surface area contributed by atoms with E-state index in [0.29, 0.717) is 5.69 Å². The number of halogens is 3. The number of alkyl halides is 3. The van der Waals surface area contributed by atoms with Gasteiger partial charge in [0.05, 0.1) is 0 Å². The monoisotopic (exact) mass is 239 g/mol. The maximum Gasteiger partial charge on any atom is 0.234 e. The summed E-state index contributed by atoms with van der Waals surface area (Å²) >= 11 is 16.4. The molecule has 0 bridgehead atoms. The lowest BCUT2D eigenvalue weighted by Gasteiger charge is -2.20. The summed E-state index contributed by atoms with van der Waals surface area (Å²) in [6.07, 6.45) is -1.22. The third-order valence-corrected chi connectivity index (χ3v) is 2.01. The fourth-order valence-corrected chi connectivity index (χ4v) is 0.938. The van der Waals surface area contributed by atoms with Gasteiger partial charge in [0.15, 0.2) is 6.23 Å². The van der Waals surface area contributed by atoms with Crippen molar-refractivity contribution in [3.63, 3.8) is 0 Å². The highest BCUT2D eigenvalue weighted by atomic mass is 35.6. The van der Waals surface area contributed by atoms with Gasteiger partial charge in [0.25, 0.3) is 0 Å². The molecule has 1 unspecified atom stereocenters. The van der Waals surface area contributed by atoms with E-state index in [1.165, 1.54) is 0 Å². The maximum atomic E-state index is 9.33. The Morgan fingerprint density at radius 2 is 1.69 bits per heavy atom. The minimum absolute atomic E-state index is 0.696. The summed E-state index contributed by atoms with van der Waals surface area (Å²) in [4.78, 5) is 0. The lowest BCUT2D eigenvalue weighted by atomic mass is 10.3. The Balaban J connectivity index is 2.61. The van der Waals surface area contributed by atoms with Crippen molar-refractivity contribution in [2.45, 2.75) is 10.0 Å². The highest BCUT2D eigenvalue weighted by molar-refractivity contribution is 6.68. The molecule has 0 radical (unpaired) electrons. The van der Waals surface area contributed by atoms with Gasteiger partial charge in [0, 0.05) is 5.69 Å². The first kappa shape index (κ1) is 10.9. The van der Waals surface area contributed by atoms with E-state index in [2.05, 4.69) is 5.32 Å². The van der Waals surface area contributed by atoms with Crippen molar-refractivity contribution in [3.8, 4) is 0 Å². The van der Waals surface area contributed by atoms with E-state index in [0.717, 1.165) is 0 Å². The average Bonchev–Trinajstić information content (AvgIpc) is 2.04. The molecule has 2 nitrogen and oxygen atoms in total. The van der Waals surface area contributed by atoms with Crippen LogP contribution in [0.5, 0.6) is 0 Å². The molecule has 0 saturated heterocycles. The van der Waals surface area contributed by atoms with Gasteiger partial charge in [-0.25, -0.2) is 0 Å². The molecule has 1 aromatic carbocycles. The second kappa shape index (κ2) is 4.38. The first-order chi connectivity index (χ1) is 6.00. The quantitative estimate of drug-likeness (QED) is 0.615.